The molecule has 2 N–H and O–H groups in total. The van der Waals surface area contributed by atoms with E-state index in [0.717, 1.165) is 33.7 Å². The molecule has 0 saturated carbocycles. The number of carbonyl (C=O) groups excluding carboxylic acids is 1. The molecule has 116 valence electrons. The van der Waals surface area contributed by atoms with E-state index < -0.39 is 0 Å². The molecule has 0 fully saturated rings. The Morgan fingerprint density at radius 3 is 3.00 bits per heavy atom. The van der Waals surface area contributed by atoms with E-state index in [1.54, 1.807) is 12.4 Å². The zero-order valence-electron chi connectivity index (χ0n) is 13.0. The molecule has 0 bridgehead atoms. The average Bonchev–Trinajstić information content (AvgIpc) is 2.99. The SMILES string of the molecule is CC(C)c1nccc(C2CC(=O)Nc3cc4[nH]ncc4cc32)n1. The number of nitrogens with one attached hydrogen (secondary N) is 2. The van der Waals surface area contributed by atoms with Crippen molar-refractivity contribution in [2.45, 2.75) is 32.1 Å². The zero-order valence-corrected chi connectivity index (χ0v) is 13.0. The van der Waals surface area contributed by atoms with E-state index >= 15 is 0 Å². The number of aromatic nitrogens is 4. The van der Waals surface area contributed by atoms with Gasteiger partial charge in [0.2, 0.25) is 5.91 Å². The molecule has 1 aromatic carbocycles. The minimum absolute atomic E-state index is 0.00562. The second-order valence-electron chi connectivity index (χ2n) is 6.20. The van der Waals surface area contributed by atoms with Crippen molar-refractivity contribution in [1.29, 1.82) is 0 Å². The van der Waals surface area contributed by atoms with Crippen LogP contribution in [0, 0.1) is 0 Å². The molecule has 1 atom stereocenters. The molecule has 6 heteroatoms. The van der Waals surface area contributed by atoms with Crippen molar-refractivity contribution in [2.75, 3.05) is 5.32 Å². The lowest BCUT2D eigenvalue weighted by atomic mass is 9.87. The molecule has 23 heavy (non-hydrogen) atoms. The van der Waals surface area contributed by atoms with E-state index in [1.807, 2.05) is 12.1 Å². The number of H-pyrrole nitrogens is 1. The molecule has 1 amide bonds. The summed E-state index contributed by atoms with van der Waals surface area (Å²) < 4.78 is 0. The Balaban J connectivity index is 1.86. The first-order chi connectivity index (χ1) is 11.1. The third kappa shape index (κ3) is 2.36. The predicted molar refractivity (Wildman–Crippen MR) is 87.3 cm³/mol. The Morgan fingerprint density at radius 2 is 2.17 bits per heavy atom. The monoisotopic (exact) mass is 307 g/mol. The van der Waals surface area contributed by atoms with Crippen LogP contribution in [0.2, 0.25) is 0 Å². The van der Waals surface area contributed by atoms with Gasteiger partial charge < -0.3 is 5.32 Å². The van der Waals surface area contributed by atoms with Gasteiger partial charge in [-0.25, -0.2) is 9.97 Å². The van der Waals surface area contributed by atoms with Gasteiger partial charge in [-0.1, -0.05) is 13.8 Å². The maximum atomic E-state index is 12.1. The van der Waals surface area contributed by atoms with Crippen LogP contribution in [-0.4, -0.2) is 26.1 Å². The molecule has 0 aliphatic carbocycles. The van der Waals surface area contributed by atoms with Crippen molar-refractivity contribution < 1.29 is 4.79 Å². The van der Waals surface area contributed by atoms with E-state index in [0.29, 0.717) is 6.42 Å². The number of nitrogens with zero attached hydrogens (tertiary/aromatic N) is 3. The van der Waals surface area contributed by atoms with Crippen molar-refractivity contribution in [3.05, 3.63) is 47.7 Å². The minimum atomic E-state index is -0.0569. The van der Waals surface area contributed by atoms with Crippen molar-refractivity contribution in [1.82, 2.24) is 20.2 Å². The highest BCUT2D eigenvalue weighted by Gasteiger charge is 2.28. The third-order valence-corrected chi connectivity index (χ3v) is 4.22. The first-order valence-corrected chi connectivity index (χ1v) is 7.71. The summed E-state index contributed by atoms with van der Waals surface area (Å²) >= 11 is 0. The first kappa shape index (κ1) is 13.9. The molecule has 0 saturated heterocycles. The van der Waals surface area contributed by atoms with Gasteiger partial charge in [-0.3, -0.25) is 9.89 Å². The number of rotatable bonds is 2. The van der Waals surface area contributed by atoms with E-state index in [-0.39, 0.29) is 17.7 Å². The quantitative estimate of drug-likeness (QED) is 0.762. The Bertz CT molecular complexity index is 899. The molecule has 3 aromatic rings. The van der Waals surface area contributed by atoms with Gasteiger partial charge in [0.25, 0.3) is 0 Å². The van der Waals surface area contributed by atoms with Crippen molar-refractivity contribution in [3.8, 4) is 0 Å². The number of aromatic amines is 1. The maximum Gasteiger partial charge on any atom is 0.225 e. The summed E-state index contributed by atoms with van der Waals surface area (Å²) in [6, 6.07) is 5.92. The number of hydrogen-bond donors (Lipinski definition) is 2. The molecular weight excluding hydrogens is 290 g/mol. The standard InChI is InChI=1S/C17H17N5O/c1-9(2)17-18-4-3-13(21-17)12-6-16(23)20-15-7-14-10(5-11(12)15)8-19-22-14/h3-5,7-9,12H,6H2,1-2H3,(H,19,22)(H,20,23). The average molecular weight is 307 g/mol. The van der Waals surface area contributed by atoms with Gasteiger partial charge in [-0.05, 0) is 23.8 Å². The molecule has 1 aliphatic rings. The largest absolute Gasteiger partial charge is 0.326 e. The number of amides is 1. The lowest BCUT2D eigenvalue weighted by Gasteiger charge is -2.25. The van der Waals surface area contributed by atoms with Crippen molar-refractivity contribution >= 4 is 22.5 Å². The Labute approximate surface area is 133 Å². The van der Waals surface area contributed by atoms with Crippen LogP contribution in [0.1, 0.15) is 49.2 Å². The normalized spacial score (nSPS) is 17.3. The van der Waals surface area contributed by atoms with E-state index in [4.69, 9.17) is 0 Å². The van der Waals surface area contributed by atoms with Crippen LogP contribution in [0.5, 0.6) is 0 Å². The van der Waals surface area contributed by atoms with Gasteiger partial charge in [0.1, 0.15) is 5.82 Å². The second-order valence-corrected chi connectivity index (χ2v) is 6.20. The van der Waals surface area contributed by atoms with E-state index in [9.17, 15) is 4.79 Å². The molecule has 0 radical (unpaired) electrons. The number of benzene rings is 1. The minimum Gasteiger partial charge on any atom is -0.326 e. The molecule has 6 nitrogen and oxygen atoms in total. The molecular formula is C17H17N5O. The highest BCUT2D eigenvalue weighted by Crippen LogP contribution is 2.38. The lowest BCUT2D eigenvalue weighted by molar-refractivity contribution is -0.116. The van der Waals surface area contributed by atoms with Crippen molar-refractivity contribution in [3.63, 3.8) is 0 Å². The fourth-order valence-electron chi connectivity index (χ4n) is 3.03. The zero-order chi connectivity index (χ0) is 16.0. The summed E-state index contributed by atoms with van der Waals surface area (Å²) in [6.07, 6.45) is 3.97. The summed E-state index contributed by atoms with van der Waals surface area (Å²) in [6.45, 7) is 4.13. The smallest absolute Gasteiger partial charge is 0.225 e. The Morgan fingerprint density at radius 1 is 1.30 bits per heavy atom. The Hall–Kier alpha value is -2.76. The number of anilines is 1. The molecule has 2 aromatic heterocycles. The van der Waals surface area contributed by atoms with Gasteiger partial charge in [0.15, 0.2) is 0 Å². The van der Waals surface area contributed by atoms with Crippen LogP contribution in [0.15, 0.2) is 30.6 Å². The van der Waals surface area contributed by atoms with Crippen LogP contribution < -0.4 is 5.32 Å². The molecule has 4 rings (SSSR count). The highest BCUT2D eigenvalue weighted by molar-refractivity contribution is 5.98. The fraction of sp³-hybridized carbons (Fsp3) is 0.294. The summed E-state index contributed by atoms with van der Waals surface area (Å²) in [5.74, 6) is 1.01. The third-order valence-electron chi connectivity index (χ3n) is 4.22. The summed E-state index contributed by atoms with van der Waals surface area (Å²) in [4.78, 5) is 21.1. The Kier molecular flexibility index (Phi) is 3.11. The predicted octanol–water partition coefficient (Wildman–Crippen LogP) is 2.95. The van der Waals surface area contributed by atoms with Crippen LogP contribution >= 0.6 is 0 Å². The number of hydrogen-bond acceptors (Lipinski definition) is 4. The van der Waals surface area contributed by atoms with Gasteiger partial charge >= 0.3 is 0 Å². The van der Waals surface area contributed by atoms with Crippen LogP contribution in [-0.2, 0) is 4.79 Å². The van der Waals surface area contributed by atoms with Gasteiger partial charge in [-0.15, -0.1) is 0 Å². The second kappa shape index (κ2) is 5.15. The van der Waals surface area contributed by atoms with Crippen LogP contribution in [0.25, 0.3) is 10.9 Å². The fourth-order valence-corrected chi connectivity index (χ4v) is 3.03. The van der Waals surface area contributed by atoms with E-state index in [2.05, 4.69) is 45.4 Å². The molecule has 1 unspecified atom stereocenters. The van der Waals surface area contributed by atoms with Crippen LogP contribution in [0.4, 0.5) is 5.69 Å². The van der Waals surface area contributed by atoms with Crippen molar-refractivity contribution in [2.24, 2.45) is 0 Å². The summed E-state index contributed by atoms with van der Waals surface area (Å²) in [5.41, 5.74) is 3.71. The topological polar surface area (TPSA) is 83.6 Å². The van der Waals surface area contributed by atoms with Crippen LogP contribution in [0.3, 0.4) is 0 Å². The number of fused-ring (bicyclic) bond motifs is 2. The van der Waals surface area contributed by atoms with Gasteiger partial charge in [-0.2, -0.15) is 5.10 Å². The summed E-state index contributed by atoms with van der Waals surface area (Å²) in [7, 11) is 0. The molecule has 1 aliphatic heterocycles. The van der Waals surface area contributed by atoms with E-state index in [1.165, 1.54) is 0 Å². The summed E-state index contributed by atoms with van der Waals surface area (Å²) in [5, 5.41) is 11.0. The molecule has 0 spiro atoms. The maximum absolute atomic E-state index is 12.1. The first-order valence-electron chi connectivity index (χ1n) is 7.71. The van der Waals surface area contributed by atoms with Gasteiger partial charge in [0, 0.05) is 35.5 Å². The van der Waals surface area contributed by atoms with Gasteiger partial charge in [0.05, 0.1) is 17.4 Å². The number of carbonyl (C=O) groups is 1. The highest BCUT2D eigenvalue weighted by atomic mass is 16.1. The lowest BCUT2D eigenvalue weighted by Crippen LogP contribution is -2.24. The molecule has 3 heterocycles.